The molecule has 4 rings (SSSR count). The second-order valence-corrected chi connectivity index (χ2v) is 8.84. The van der Waals surface area contributed by atoms with Gasteiger partial charge in [0.15, 0.2) is 11.7 Å². The highest BCUT2D eigenvalue weighted by atomic mass is 32.1. The van der Waals surface area contributed by atoms with Gasteiger partial charge in [-0.05, 0) is 58.0 Å². The van der Waals surface area contributed by atoms with Crippen LogP contribution in [0.15, 0.2) is 48.5 Å². The lowest BCUT2D eigenvalue weighted by molar-refractivity contribution is -0.120. The Kier molecular flexibility index (Phi) is 6.93. The number of hydrogen-bond acceptors (Lipinski definition) is 6. The van der Waals surface area contributed by atoms with Crippen LogP contribution in [0, 0.1) is 20.8 Å². The molecule has 4 aromatic rings. The van der Waals surface area contributed by atoms with Crippen LogP contribution in [0.5, 0.6) is 11.5 Å². The fourth-order valence-corrected chi connectivity index (χ4v) is 4.61. The van der Waals surface area contributed by atoms with E-state index in [1.165, 1.54) is 11.3 Å². The Morgan fingerprint density at radius 3 is 2.58 bits per heavy atom. The number of para-hydroxylation sites is 1. The number of ether oxygens (including phenoxy) is 2. The molecule has 0 spiro atoms. The number of hydrogen-bond donors (Lipinski definition) is 0. The average Bonchev–Trinajstić information content (AvgIpc) is 3.36. The normalized spacial score (nSPS) is 11.0. The Labute approximate surface area is 197 Å². The summed E-state index contributed by atoms with van der Waals surface area (Å²) in [6.45, 7) is 9.40. The highest BCUT2D eigenvalue weighted by molar-refractivity contribution is 7.22. The van der Waals surface area contributed by atoms with E-state index in [-0.39, 0.29) is 12.5 Å². The first kappa shape index (κ1) is 22.8. The molecule has 0 aliphatic carbocycles. The Hall–Kier alpha value is -3.39. The molecule has 0 unspecified atom stereocenters. The van der Waals surface area contributed by atoms with Gasteiger partial charge in [-0.3, -0.25) is 14.4 Å². The Balaban J connectivity index is 1.59. The summed E-state index contributed by atoms with van der Waals surface area (Å²) in [5.74, 6) is 1.23. The van der Waals surface area contributed by atoms with Crippen LogP contribution in [0.2, 0.25) is 0 Å². The zero-order valence-electron chi connectivity index (χ0n) is 19.4. The lowest BCUT2D eigenvalue weighted by Crippen LogP contribution is -2.37. The van der Waals surface area contributed by atoms with E-state index in [0.29, 0.717) is 30.6 Å². The molecule has 0 bridgehead atoms. The lowest BCUT2D eigenvalue weighted by atomic mass is 10.2. The van der Waals surface area contributed by atoms with Gasteiger partial charge < -0.3 is 9.47 Å². The number of carbonyl (C=O) groups excluding carboxylic acids is 1. The SMILES string of the molecule is CCOc1cccc2sc(N(CCn3nc(C)cc3C)C(=O)COc3ccc(C)cc3)nc12. The topological polar surface area (TPSA) is 69.5 Å². The summed E-state index contributed by atoms with van der Waals surface area (Å²) in [4.78, 5) is 19.7. The third kappa shape index (κ3) is 5.34. The van der Waals surface area contributed by atoms with E-state index in [9.17, 15) is 4.79 Å². The summed E-state index contributed by atoms with van der Waals surface area (Å²) in [6, 6.07) is 15.5. The molecule has 0 atom stereocenters. The van der Waals surface area contributed by atoms with Crippen LogP contribution in [0.25, 0.3) is 10.2 Å². The number of carbonyl (C=O) groups is 1. The van der Waals surface area contributed by atoms with Crippen molar-refractivity contribution in [2.75, 3.05) is 24.7 Å². The van der Waals surface area contributed by atoms with Crippen molar-refractivity contribution in [3.8, 4) is 11.5 Å². The van der Waals surface area contributed by atoms with Crippen LogP contribution in [0.3, 0.4) is 0 Å². The van der Waals surface area contributed by atoms with Crippen LogP contribution in [0.4, 0.5) is 5.13 Å². The highest BCUT2D eigenvalue weighted by Gasteiger charge is 2.22. The third-order valence-corrected chi connectivity index (χ3v) is 6.27. The first-order valence-corrected chi connectivity index (χ1v) is 11.8. The summed E-state index contributed by atoms with van der Waals surface area (Å²) in [6.07, 6.45) is 0. The average molecular weight is 465 g/mol. The number of aryl methyl sites for hydroxylation is 3. The van der Waals surface area contributed by atoms with Gasteiger partial charge >= 0.3 is 0 Å². The van der Waals surface area contributed by atoms with Crippen molar-refractivity contribution in [3.63, 3.8) is 0 Å². The zero-order chi connectivity index (χ0) is 23.4. The van der Waals surface area contributed by atoms with Crippen molar-refractivity contribution in [1.82, 2.24) is 14.8 Å². The van der Waals surface area contributed by atoms with Gasteiger partial charge in [0.1, 0.15) is 17.0 Å². The largest absolute Gasteiger partial charge is 0.492 e. The first-order valence-electron chi connectivity index (χ1n) is 11.0. The van der Waals surface area contributed by atoms with Gasteiger partial charge in [-0.1, -0.05) is 35.1 Å². The molecule has 8 heteroatoms. The molecule has 2 aromatic heterocycles. The van der Waals surface area contributed by atoms with Gasteiger partial charge in [-0.15, -0.1) is 0 Å². The molecule has 0 aliphatic rings. The number of aromatic nitrogens is 3. The van der Waals surface area contributed by atoms with E-state index >= 15 is 0 Å². The predicted octanol–water partition coefficient (Wildman–Crippen LogP) is 4.93. The molecular weight excluding hydrogens is 436 g/mol. The maximum absolute atomic E-state index is 13.3. The van der Waals surface area contributed by atoms with Gasteiger partial charge in [0, 0.05) is 12.2 Å². The van der Waals surface area contributed by atoms with Gasteiger partial charge in [0.05, 0.1) is 23.5 Å². The monoisotopic (exact) mass is 464 g/mol. The van der Waals surface area contributed by atoms with Crippen molar-refractivity contribution in [2.45, 2.75) is 34.2 Å². The van der Waals surface area contributed by atoms with Crippen molar-refractivity contribution in [3.05, 3.63) is 65.5 Å². The van der Waals surface area contributed by atoms with Gasteiger partial charge in [0.2, 0.25) is 0 Å². The van der Waals surface area contributed by atoms with Crippen LogP contribution >= 0.6 is 11.3 Å². The van der Waals surface area contributed by atoms with Gasteiger partial charge in [-0.2, -0.15) is 5.10 Å². The van der Waals surface area contributed by atoms with Crippen LogP contribution in [0.1, 0.15) is 23.9 Å². The molecule has 0 fully saturated rings. The maximum Gasteiger partial charge on any atom is 0.266 e. The van der Waals surface area contributed by atoms with Crippen LogP contribution < -0.4 is 14.4 Å². The zero-order valence-corrected chi connectivity index (χ0v) is 20.2. The Morgan fingerprint density at radius 2 is 1.88 bits per heavy atom. The smallest absolute Gasteiger partial charge is 0.266 e. The van der Waals surface area contributed by atoms with E-state index in [2.05, 4.69) is 5.10 Å². The first-order chi connectivity index (χ1) is 15.9. The second kappa shape index (κ2) is 10.0. The van der Waals surface area contributed by atoms with Gasteiger partial charge in [0.25, 0.3) is 5.91 Å². The number of amides is 1. The van der Waals surface area contributed by atoms with Crippen molar-refractivity contribution >= 4 is 32.6 Å². The molecule has 0 N–H and O–H groups in total. The molecule has 2 heterocycles. The van der Waals surface area contributed by atoms with E-state index in [0.717, 1.165) is 32.9 Å². The number of rotatable bonds is 9. The summed E-state index contributed by atoms with van der Waals surface area (Å²) >= 11 is 1.47. The second-order valence-electron chi connectivity index (χ2n) is 7.83. The molecule has 33 heavy (non-hydrogen) atoms. The lowest BCUT2D eigenvalue weighted by Gasteiger charge is -2.20. The minimum atomic E-state index is -0.158. The highest BCUT2D eigenvalue weighted by Crippen LogP contribution is 2.34. The summed E-state index contributed by atoms with van der Waals surface area (Å²) < 4.78 is 14.4. The molecule has 7 nitrogen and oxygen atoms in total. The molecule has 0 saturated heterocycles. The van der Waals surface area contributed by atoms with Crippen molar-refractivity contribution in [1.29, 1.82) is 0 Å². The Morgan fingerprint density at radius 1 is 1.09 bits per heavy atom. The minimum absolute atomic E-state index is 0.0750. The molecular formula is C25H28N4O3S. The van der Waals surface area contributed by atoms with Crippen LogP contribution in [-0.2, 0) is 11.3 Å². The number of nitrogens with zero attached hydrogens (tertiary/aromatic N) is 4. The number of thiazole rings is 1. The molecule has 2 aromatic carbocycles. The van der Waals surface area contributed by atoms with Gasteiger partial charge in [-0.25, -0.2) is 4.98 Å². The minimum Gasteiger partial charge on any atom is -0.492 e. The molecule has 0 saturated carbocycles. The number of anilines is 1. The fourth-order valence-electron chi connectivity index (χ4n) is 3.58. The molecule has 0 aliphatic heterocycles. The third-order valence-electron chi connectivity index (χ3n) is 5.22. The van der Waals surface area contributed by atoms with Crippen molar-refractivity contribution < 1.29 is 14.3 Å². The number of fused-ring (bicyclic) bond motifs is 1. The van der Waals surface area contributed by atoms with E-state index in [1.54, 1.807) is 4.90 Å². The summed E-state index contributed by atoms with van der Waals surface area (Å²) in [5, 5.41) is 5.15. The van der Waals surface area contributed by atoms with Crippen molar-refractivity contribution in [2.24, 2.45) is 0 Å². The fraction of sp³-hybridized carbons (Fsp3) is 0.320. The molecule has 1 amide bonds. The molecule has 172 valence electrons. The maximum atomic E-state index is 13.3. The molecule has 0 radical (unpaired) electrons. The standard InChI is InChI=1S/C25H28N4O3S/c1-5-31-21-7-6-8-22-24(21)26-25(33-22)28(13-14-29-19(4)15-18(3)27-29)23(30)16-32-20-11-9-17(2)10-12-20/h6-12,15H,5,13-14,16H2,1-4H3. The quantitative estimate of drug-likeness (QED) is 0.351. The van der Waals surface area contributed by atoms with E-state index in [1.807, 2.05) is 80.9 Å². The number of benzene rings is 2. The van der Waals surface area contributed by atoms with E-state index in [4.69, 9.17) is 14.5 Å². The Bertz CT molecular complexity index is 1250. The summed E-state index contributed by atoms with van der Waals surface area (Å²) in [5.41, 5.74) is 3.91. The summed E-state index contributed by atoms with van der Waals surface area (Å²) in [7, 11) is 0. The van der Waals surface area contributed by atoms with Crippen LogP contribution in [-0.4, -0.2) is 40.4 Å². The van der Waals surface area contributed by atoms with E-state index < -0.39 is 0 Å². The predicted molar refractivity (Wildman–Crippen MR) is 132 cm³/mol.